The van der Waals surface area contributed by atoms with Gasteiger partial charge in [-0.15, -0.1) is 0 Å². The fourth-order valence-electron chi connectivity index (χ4n) is 5.17. The summed E-state index contributed by atoms with van der Waals surface area (Å²) >= 11 is 0. The number of rotatable bonds is 5. The molecule has 5 heteroatoms. The number of carbonyl (C=O) groups is 2. The van der Waals surface area contributed by atoms with Crippen molar-refractivity contribution < 1.29 is 9.59 Å². The molecule has 0 radical (unpaired) electrons. The Hall–Kier alpha value is -1.10. The van der Waals surface area contributed by atoms with Crippen LogP contribution in [-0.4, -0.2) is 59.9 Å². The van der Waals surface area contributed by atoms with Gasteiger partial charge in [0.2, 0.25) is 11.8 Å². The molecule has 4 rings (SSSR count). The number of carbonyl (C=O) groups excluding carboxylic acids is 2. The SMILES string of the molecule is O=C(NC1CC1)[C@@H]1CCCN(C2CCN(C(=O)CC3CCCC3)CC2)C1. The minimum Gasteiger partial charge on any atom is -0.353 e. The van der Waals surface area contributed by atoms with Gasteiger partial charge in [0.15, 0.2) is 0 Å². The lowest BCUT2D eigenvalue weighted by atomic mass is 9.93. The van der Waals surface area contributed by atoms with Gasteiger partial charge in [-0.3, -0.25) is 14.5 Å². The zero-order valence-electron chi connectivity index (χ0n) is 16.1. The molecule has 146 valence electrons. The van der Waals surface area contributed by atoms with Gasteiger partial charge in [-0.25, -0.2) is 0 Å². The fraction of sp³-hybridized carbons (Fsp3) is 0.905. The Labute approximate surface area is 157 Å². The third kappa shape index (κ3) is 4.59. The molecule has 26 heavy (non-hydrogen) atoms. The van der Waals surface area contributed by atoms with Crippen molar-refractivity contribution in [1.82, 2.24) is 15.1 Å². The molecule has 0 aromatic rings. The van der Waals surface area contributed by atoms with Crippen molar-refractivity contribution in [2.45, 2.75) is 82.7 Å². The third-order valence-corrected chi connectivity index (χ3v) is 7.02. The highest BCUT2D eigenvalue weighted by Gasteiger charge is 2.34. The molecule has 2 saturated carbocycles. The molecule has 4 aliphatic rings. The van der Waals surface area contributed by atoms with E-state index >= 15 is 0 Å². The van der Waals surface area contributed by atoms with Gasteiger partial charge < -0.3 is 10.2 Å². The Morgan fingerprint density at radius 2 is 1.58 bits per heavy atom. The van der Waals surface area contributed by atoms with Crippen molar-refractivity contribution in [2.24, 2.45) is 11.8 Å². The summed E-state index contributed by atoms with van der Waals surface area (Å²) in [4.78, 5) is 29.6. The number of hydrogen-bond acceptors (Lipinski definition) is 3. The molecule has 2 aliphatic carbocycles. The van der Waals surface area contributed by atoms with Crippen molar-refractivity contribution >= 4 is 11.8 Å². The maximum atomic E-state index is 12.5. The van der Waals surface area contributed by atoms with E-state index in [1.807, 2.05) is 0 Å². The van der Waals surface area contributed by atoms with E-state index in [0.717, 1.165) is 71.1 Å². The molecule has 0 aromatic heterocycles. The number of amides is 2. The van der Waals surface area contributed by atoms with Gasteiger partial charge in [-0.05, 0) is 63.8 Å². The van der Waals surface area contributed by atoms with Gasteiger partial charge in [-0.1, -0.05) is 12.8 Å². The van der Waals surface area contributed by atoms with E-state index in [1.165, 1.54) is 25.7 Å². The summed E-state index contributed by atoms with van der Waals surface area (Å²) in [5, 5.41) is 3.18. The van der Waals surface area contributed by atoms with E-state index in [-0.39, 0.29) is 11.8 Å². The molecule has 0 spiro atoms. The van der Waals surface area contributed by atoms with Crippen LogP contribution in [0.1, 0.15) is 70.6 Å². The highest BCUT2D eigenvalue weighted by atomic mass is 16.2. The molecule has 0 aromatic carbocycles. The Kier molecular flexibility index (Phi) is 5.82. The van der Waals surface area contributed by atoms with Crippen molar-refractivity contribution in [3.63, 3.8) is 0 Å². The molecule has 1 N–H and O–H groups in total. The Morgan fingerprint density at radius 3 is 2.27 bits per heavy atom. The summed E-state index contributed by atoms with van der Waals surface area (Å²) in [5.41, 5.74) is 0. The largest absolute Gasteiger partial charge is 0.353 e. The molecule has 4 fully saturated rings. The van der Waals surface area contributed by atoms with Crippen molar-refractivity contribution in [1.29, 1.82) is 0 Å². The Balaban J connectivity index is 1.22. The summed E-state index contributed by atoms with van der Waals surface area (Å²) < 4.78 is 0. The highest BCUT2D eigenvalue weighted by Crippen LogP contribution is 2.29. The van der Waals surface area contributed by atoms with E-state index in [9.17, 15) is 9.59 Å². The van der Waals surface area contributed by atoms with Crippen LogP contribution in [0.3, 0.4) is 0 Å². The van der Waals surface area contributed by atoms with Crippen molar-refractivity contribution in [2.75, 3.05) is 26.2 Å². The van der Waals surface area contributed by atoms with E-state index in [4.69, 9.17) is 0 Å². The molecule has 2 amide bonds. The summed E-state index contributed by atoms with van der Waals surface area (Å²) in [6.45, 7) is 3.85. The first-order valence-corrected chi connectivity index (χ1v) is 11.0. The van der Waals surface area contributed by atoms with Crippen molar-refractivity contribution in [3.05, 3.63) is 0 Å². The Morgan fingerprint density at radius 1 is 0.846 bits per heavy atom. The van der Waals surface area contributed by atoms with Crippen molar-refractivity contribution in [3.8, 4) is 0 Å². The second-order valence-corrected chi connectivity index (χ2v) is 9.08. The average Bonchev–Trinajstić information content (AvgIpc) is 3.34. The lowest BCUT2D eigenvalue weighted by Gasteiger charge is -2.42. The van der Waals surface area contributed by atoms with E-state index in [1.54, 1.807) is 0 Å². The van der Waals surface area contributed by atoms with Crippen LogP contribution < -0.4 is 5.32 Å². The molecule has 1 atom stereocenters. The van der Waals surface area contributed by atoms with Crippen LogP contribution in [0.4, 0.5) is 0 Å². The quantitative estimate of drug-likeness (QED) is 0.819. The van der Waals surface area contributed by atoms with Gasteiger partial charge >= 0.3 is 0 Å². The number of piperidine rings is 2. The molecule has 2 heterocycles. The molecule has 5 nitrogen and oxygen atoms in total. The summed E-state index contributed by atoms with van der Waals surface area (Å²) in [5.74, 6) is 1.48. The number of nitrogens with one attached hydrogen (secondary N) is 1. The Bertz CT molecular complexity index is 505. The van der Waals surface area contributed by atoms with Crippen LogP contribution in [0.25, 0.3) is 0 Å². The van der Waals surface area contributed by atoms with Crippen LogP contribution in [0.5, 0.6) is 0 Å². The van der Waals surface area contributed by atoms with Crippen LogP contribution >= 0.6 is 0 Å². The maximum absolute atomic E-state index is 12.5. The molecule has 2 aliphatic heterocycles. The van der Waals surface area contributed by atoms with Crippen LogP contribution in [-0.2, 0) is 9.59 Å². The van der Waals surface area contributed by atoms with Crippen LogP contribution in [0.2, 0.25) is 0 Å². The van der Waals surface area contributed by atoms with Gasteiger partial charge in [0.05, 0.1) is 5.92 Å². The smallest absolute Gasteiger partial charge is 0.224 e. The fourth-order valence-corrected chi connectivity index (χ4v) is 5.17. The first-order valence-electron chi connectivity index (χ1n) is 11.0. The van der Waals surface area contributed by atoms with Crippen LogP contribution in [0.15, 0.2) is 0 Å². The normalized spacial score (nSPS) is 29.1. The molecular formula is C21H35N3O2. The standard InChI is InChI=1S/C21H35N3O2/c25-20(14-16-4-1-2-5-16)23-12-9-19(10-13-23)24-11-3-6-17(15-24)21(26)22-18-7-8-18/h16-19H,1-15H2,(H,22,26)/t17-/m1/s1. The molecule has 2 saturated heterocycles. The monoisotopic (exact) mass is 361 g/mol. The second kappa shape index (κ2) is 8.28. The summed E-state index contributed by atoms with van der Waals surface area (Å²) in [6, 6.07) is 1.02. The topological polar surface area (TPSA) is 52.7 Å². The van der Waals surface area contributed by atoms with Gasteiger partial charge in [0.25, 0.3) is 0 Å². The van der Waals surface area contributed by atoms with Gasteiger partial charge in [0.1, 0.15) is 0 Å². The average molecular weight is 362 g/mol. The number of likely N-dealkylation sites (tertiary alicyclic amines) is 2. The van der Waals surface area contributed by atoms with Gasteiger partial charge in [-0.2, -0.15) is 0 Å². The lowest BCUT2D eigenvalue weighted by molar-refractivity contribution is -0.133. The number of hydrogen-bond donors (Lipinski definition) is 1. The number of nitrogens with zero attached hydrogens (tertiary/aromatic N) is 2. The second-order valence-electron chi connectivity index (χ2n) is 9.08. The molecule has 0 unspecified atom stereocenters. The predicted molar refractivity (Wildman–Crippen MR) is 102 cm³/mol. The maximum Gasteiger partial charge on any atom is 0.224 e. The third-order valence-electron chi connectivity index (χ3n) is 7.02. The first-order chi connectivity index (χ1) is 12.7. The zero-order valence-corrected chi connectivity index (χ0v) is 16.1. The van der Waals surface area contributed by atoms with Crippen LogP contribution in [0, 0.1) is 11.8 Å². The van der Waals surface area contributed by atoms with Gasteiger partial charge in [0, 0.05) is 38.1 Å². The highest BCUT2D eigenvalue weighted by molar-refractivity contribution is 5.79. The zero-order chi connectivity index (χ0) is 17.9. The van der Waals surface area contributed by atoms with E-state index in [0.29, 0.717) is 23.9 Å². The molecule has 0 bridgehead atoms. The minimum absolute atomic E-state index is 0.173. The first kappa shape index (κ1) is 18.3. The summed E-state index contributed by atoms with van der Waals surface area (Å²) in [6.07, 6.45) is 12.5. The summed E-state index contributed by atoms with van der Waals surface area (Å²) in [7, 11) is 0. The molecular weight excluding hydrogens is 326 g/mol. The lowest BCUT2D eigenvalue weighted by Crippen LogP contribution is -2.51. The minimum atomic E-state index is 0.173. The van der Waals surface area contributed by atoms with E-state index < -0.39 is 0 Å². The predicted octanol–water partition coefficient (Wildman–Crippen LogP) is 2.55. The van der Waals surface area contributed by atoms with E-state index in [2.05, 4.69) is 15.1 Å².